The molecular formula is C15H22BrNO. The minimum absolute atomic E-state index is 0.738. The fourth-order valence-electron chi connectivity index (χ4n) is 2.64. The molecule has 2 rings (SSSR count). The van der Waals surface area contributed by atoms with Crippen molar-refractivity contribution in [3.05, 3.63) is 28.1 Å². The van der Waals surface area contributed by atoms with E-state index >= 15 is 0 Å². The van der Waals surface area contributed by atoms with Crippen molar-refractivity contribution in [2.24, 2.45) is 5.92 Å². The summed E-state index contributed by atoms with van der Waals surface area (Å²) in [6.07, 6.45) is 9.03. The molecule has 1 aliphatic rings. The van der Waals surface area contributed by atoms with Crippen LogP contribution in [0.15, 0.2) is 26.8 Å². The Balaban J connectivity index is 2.10. The van der Waals surface area contributed by atoms with E-state index in [0.717, 1.165) is 29.4 Å². The van der Waals surface area contributed by atoms with Gasteiger partial charge in [-0.3, -0.25) is 0 Å². The van der Waals surface area contributed by atoms with Crippen LogP contribution < -0.4 is 5.32 Å². The quantitative estimate of drug-likeness (QED) is 0.858. The van der Waals surface area contributed by atoms with Crippen LogP contribution in [0.1, 0.15) is 44.8 Å². The van der Waals surface area contributed by atoms with Crippen molar-refractivity contribution in [3.63, 3.8) is 0 Å². The van der Waals surface area contributed by atoms with Crippen molar-refractivity contribution in [1.82, 2.24) is 5.32 Å². The van der Waals surface area contributed by atoms with Gasteiger partial charge in [0.05, 0.1) is 0 Å². The highest BCUT2D eigenvalue weighted by atomic mass is 79.9. The fourth-order valence-corrected chi connectivity index (χ4v) is 2.96. The molecule has 0 unspecified atom stereocenters. The number of rotatable bonds is 5. The number of furan rings is 1. The van der Waals surface area contributed by atoms with Crippen molar-refractivity contribution in [2.45, 2.75) is 39.0 Å². The monoisotopic (exact) mass is 311 g/mol. The Morgan fingerprint density at radius 2 is 2.17 bits per heavy atom. The van der Waals surface area contributed by atoms with Crippen LogP contribution in [0.3, 0.4) is 0 Å². The van der Waals surface area contributed by atoms with Gasteiger partial charge in [-0.1, -0.05) is 26.2 Å². The first-order chi connectivity index (χ1) is 8.79. The zero-order chi connectivity index (χ0) is 12.8. The summed E-state index contributed by atoms with van der Waals surface area (Å²) in [5, 5.41) is 3.45. The lowest BCUT2D eigenvalue weighted by molar-refractivity contribution is 0.396. The highest BCUT2D eigenvalue weighted by Crippen LogP contribution is 2.31. The Morgan fingerprint density at radius 3 is 2.78 bits per heavy atom. The van der Waals surface area contributed by atoms with Gasteiger partial charge in [0, 0.05) is 6.54 Å². The molecule has 0 aromatic carbocycles. The summed E-state index contributed by atoms with van der Waals surface area (Å²) in [4.78, 5) is 0. The Bertz CT molecular complexity index is 391. The molecule has 0 atom stereocenters. The number of likely N-dealkylation sites (N-methyl/N-ethyl adjacent to an activating group) is 1. The Hall–Kier alpha value is -0.540. The van der Waals surface area contributed by atoms with Gasteiger partial charge in [0.2, 0.25) is 0 Å². The molecule has 1 N–H and O–H groups in total. The van der Waals surface area contributed by atoms with Gasteiger partial charge in [0.25, 0.3) is 0 Å². The predicted molar refractivity (Wildman–Crippen MR) is 79.5 cm³/mol. The molecule has 1 aliphatic carbocycles. The van der Waals surface area contributed by atoms with Gasteiger partial charge < -0.3 is 9.73 Å². The summed E-state index contributed by atoms with van der Waals surface area (Å²) in [5.41, 5.74) is 1.50. The Morgan fingerprint density at radius 1 is 1.39 bits per heavy atom. The maximum atomic E-state index is 5.60. The van der Waals surface area contributed by atoms with E-state index in [-0.39, 0.29) is 0 Å². The molecule has 1 fully saturated rings. The van der Waals surface area contributed by atoms with Crippen LogP contribution in [0.2, 0.25) is 0 Å². The number of halogens is 1. The van der Waals surface area contributed by atoms with E-state index in [4.69, 9.17) is 4.42 Å². The predicted octanol–water partition coefficient (Wildman–Crippen LogP) is 4.62. The van der Waals surface area contributed by atoms with Gasteiger partial charge in [-0.05, 0) is 65.0 Å². The van der Waals surface area contributed by atoms with E-state index in [1.807, 2.05) is 12.1 Å². The minimum Gasteiger partial charge on any atom is -0.450 e. The molecule has 0 aliphatic heterocycles. The molecule has 1 aromatic rings. The summed E-state index contributed by atoms with van der Waals surface area (Å²) in [6, 6.07) is 3.98. The van der Waals surface area contributed by atoms with Gasteiger partial charge in [0.15, 0.2) is 4.67 Å². The van der Waals surface area contributed by atoms with E-state index in [9.17, 15) is 0 Å². The van der Waals surface area contributed by atoms with Crippen LogP contribution in [0, 0.1) is 5.92 Å². The molecule has 0 amide bonds. The molecule has 1 aromatic heterocycles. The maximum absolute atomic E-state index is 5.60. The van der Waals surface area contributed by atoms with Crippen LogP contribution >= 0.6 is 15.9 Å². The lowest BCUT2D eigenvalue weighted by Crippen LogP contribution is -2.22. The van der Waals surface area contributed by atoms with Crippen molar-refractivity contribution in [3.8, 4) is 0 Å². The number of hydrogen-bond donors (Lipinski definition) is 1. The minimum atomic E-state index is 0.738. The lowest BCUT2D eigenvalue weighted by atomic mass is 9.83. The molecule has 18 heavy (non-hydrogen) atoms. The lowest BCUT2D eigenvalue weighted by Gasteiger charge is -2.24. The maximum Gasteiger partial charge on any atom is 0.169 e. The SMILES string of the molecule is CCNCC(=Cc1ccc(Br)o1)C1CCCCC1. The molecule has 100 valence electrons. The van der Waals surface area contributed by atoms with E-state index in [0.29, 0.717) is 0 Å². The average Bonchev–Trinajstić information content (AvgIpc) is 2.81. The smallest absolute Gasteiger partial charge is 0.169 e. The first-order valence-electron chi connectivity index (χ1n) is 6.96. The summed E-state index contributed by atoms with van der Waals surface area (Å²) in [7, 11) is 0. The van der Waals surface area contributed by atoms with Crippen LogP contribution in [-0.2, 0) is 0 Å². The van der Waals surface area contributed by atoms with Gasteiger partial charge in [-0.25, -0.2) is 0 Å². The molecular weight excluding hydrogens is 290 g/mol. The number of nitrogens with one attached hydrogen (secondary N) is 1. The van der Waals surface area contributed by atoms with Crippen LogP contribution in [0.25, 0.3) is 6.08 Å². The zero-order valence-electron chi connectivity index (χ0n) is 11.0. The zero-order valence-corrected chi connectivity index (χ0v) is 12.6. The van der Waals surface area contributed by atoms with Crippen molar-refractivity contribution in [2.75, 3.05) is 13.1 Å². The second-order valence-corrected chi connectivity index (χ2v) is 5.76. The van der Waals surface area contributed by atoms with Gasteiger partial charge >= 0.3 is 0 Å². The van der Waals surface area contributed by atoms with Gasteiger partial charge in [-0.2, -0.15) is 0 Å². The molecule has 1 heterocycles. The first-order valence-corrected chi connectivity index (χ1v) is 7.75. The van der Waals surface area contributed by atoms with Gasteiger partial charge in [0.1, 0.15) is 5.76 Å². The third-order valence-corrected chi connectivity index (χ3v) is 4.06. The normalized spacial score (nSPS) is 18.2. The fraction of sp³-hybridized carbons (Fsp3) is 0.600. The molecule has 1 saturated carbocycles. The molecule has 0 saturated heterocycles. The van der Waals surface area contributed by atoms with Crippen LogP contribution in [0.5, 0.6) is 0 Å². The molecule has 0 bridgehead atoms. The first kappa shape index (κ1) is 13.9. The van der Waals surface area contributed by atoms with Gasteiger partial charge in [-0.15, -0.1) is 0 Å². The Labute approximate surface area is 118 Å². The van der Waals surface area contributed by atoms with E-state index in [1.165, 1.54) is 37.7 Å². The van der Waals surface area contributed by atoms with Crippen LogP contribution in [0.4, 0.5) is 0 Å². The molecule has 2 nitrogen and oxygen atoms in total. The summed E-state index contributed by atoms with van der Waals surface area (Å²) in [6.45, 7) is 4.16. The highest BCUT2D eigenvalue weighted by Gasteiger charge is 2.17. The summed E-state index contributed by atoms with van der Waals surface area (Å²) in [5.74, 6) is 1.70. The second-order valence-electron chi connectivity index (χ2n) is 4.98. The second kappa shape index (κ2) is 7.15. The highest BCUT2D eigenvalue weighted by molar-refractivity contribution is 9.10. The third kappa shape index (κ3) is 3.99. The summed E-state index contributed by atoms with van der Waals surface area (Å²) < 4.78 is 6.40. The largest absolute Gasteiger partial charge is 0.450 e. The average molecular weight is 312 g/mol. The third-order valence-electron chi connectivity index (χ3n) is 3.63. The van der Waals surface area contributed by atoms with E-state index in [1.54, 1.807) is 0 Å². The van der Waals surface area contributed by atoms with Crippen molar-refractivity contribution < 1.29 is 4.42 Å². The van der Waals surface area contributed by atoms with E-state index < -0.39 is 0 Å². The molecule has 0 spiro atoms. The topological polar surface area (TPSA) is 25.2 Å². The molecule has 0 radical (unpaired) electrons. The summed E-state index contributed by atoms with van der Waals surface area (Å²) >= 11 is 3.36. The van der Waals surface area contributed by atoms with Crippen LogP contribution in [-0.4, -0.2) is 13.1 Å². The number of hydrogen-bond acceptors (Lipinski definition) is 2. The van der Waals surface area contributed by atoms with Crippen molar-refractivity contribution in [1.29, 1.82) is 0 Å². The van der Waals surface area contributed by atoms with Crippen molar-refractivity contribution >= 4 is 22.0 Å². The molecule has 3 heteroatoms. The standard InChI is InChI=1S/C15H22BrNO/c1-2-17-11-13(12-6-4-3-5-7-12)10-14-8-9-15(16)18-14/h8-10,12,17H,2-7,11H2,1H3. The Kier molecular flexibility index (Phi) is 5.51. The van der Waals surface area contributed by atoms with E-state index in [2.05, 4.69) is 34.2 Å².